The third-order valence-corrected chi connectivity index (χ3v) is 6.49. The van der Waals surface area contributed by atoms with Gasteiger partial charge in [0.25, 0.3) is 0 Å². The molecule has 2 aliphatic rings. The third-order valence-electron chi connectivity index (χ3n) is 6.49. The number of guanidine groups is 1. The molecule has 1 N–H and O–H groups in total. The largest absolute Gasteiger partial charge is 0.356 e. The van der Waals surface area contributed by atoms with E-state index in [0.29, 0.717) is 5.41 Å². The summed E-state index contributed by atoms with van der Waals surface area (Å²) in [7, 11) is 1.88. The van der Waals surface area contributed by atoms with Gasteiger partial charge in [0.1, 0.15) is 0 Å². The van der Waals surface area contributed by atoms with Gasteiger partial charge in [0, 0.05) is 69.7 Å². The van der Waals surface area contributed by atoms with Crippen molar-refractivity contribution in [3.8, 4) is 0 Å². The van der Waals surface area contributed by atoms with Crippen molar-refractivity contribution in [2.24, 2.45) is 10.4 Å². The van der Waals surface area contributed by atoms with E-state index in [9.17, 15) is 0 Å². The molecule has 2 fully saturated rings. The molecule has 0 aliphatic carbocycles. The van der Waals surface area contributed by atoms with Crippen LogP contribution in [0.3, 0.4) is 0 Å². The Hall–Kier alpha value is -1.89. The summed E-state index contributed by atoms with van der Waals surface area (Å²) in [6.07, 6.45) is 4.75. The summed E-state index contributed by atoms with van der Waals surface area (Å²) in [6, 6.07) is 1.86. The van der Waals surface area contributed by atoms with Crippen LogP contribution in [0.4, 0.5) is 5.95 Å². The van der Waals surface area contributed by atoms with Gasteiger partial charge in [-0.15, -0.1) is 0 Å². The first-order chi connectivity index (χ1) is 12.8. The molecule has 2 aliphatic heterocycles. The van der Waals surface area contributed by atoms with E-state index in [1.807, 2.05) is 25.5 Å². The fourth-order valence-corrected chi connectivity index (χ4v) is 3.82. The molecule has 27 heavy (non-hydrogen) atoms. The van der Waals surface area contributed by atoms with E-state index < -0.39 is 0 Å². The first kappa shape index (κ1) is 19.9. The molecule has 0 amide bonds. The number of nitrogens with one attached hydrogen (secondary N) is 1. The maximum Gasteiger partial charge on any atom is 0.225 e. The summed E-state index contributed by atoms with van der Waals surface area (Å²) in [4.78, 5) is 20.4. The van der Waals surface area contributed by atoms with Crippen molar-refractivity contribution in [1.82, 2.24) is 25.1 Å². The molecule has 0 aromatic carbocycles. The molecule has 3 heterocycles. The topological polar surface area (TPSA) is 59.9 Å². The number of likely N-dealkylation sites (tertiary alicyclic amines) is 1. The Morgan fingerprint density at radius 1 is 1.11 bits per heavy atom. The lowest BCUT2D eigenvalue weighted by Gasteiger charge is -2.62. The molecule has 150 valence electrons. The Kier molecular flexibility index (Phi) is 5.89. The highest BCUT2D eigenvalue weighted by Gasteiger charge is 2.53. The number of aromatic nitrogens is 2. The second-order valence-corrected chi connectivity index (χ2v) is 8.73. The van der Waals surface area contributed by atoms with Crippen molar-refractivity contribution in [3.63, 3.8) is 0 Å². The summed E-state index contributed by atoms with van der Waals surface area (Å²) in [6.45, 7) is 16.5. The Labute approximate surface area is 163 Å². The minimum Gasteiger partial charge on any atom is -0.356 e. The Morgan fingerprint density at radius 2 is 1.78 bits per heavy atom. The number of hydrogen-bond donors (Lipinski definition) is 1. The zero-order chi connectivity index (χ0) is 19.5. The van der Waals surface area contributed by atoms with Gasteiger partial charge < -0.3 is 15.1 Å². The molecule has 7 heteroatoms. The second kappa shape index (κ2) is 8.00. The van der Waals surface area contributed by atoms with Crippen LogP contribution in [0, 0.1) is 5.41 Å². The van der Waals surface area contributed by atoms with Crippen LogP contribution in [-0.4, -0.2) is 84.1 Å². The van der Waals surface area contributed by atoms with Crippen molar-refractivity contribution < 1.29 is 0 Å². The highest BCUT2D eigenvalue weighted by molar-refractivity contribution is 5.81. The van der Waals surface area contributed by atoms with Gasteiger partial charge in [-0.3, -0.25) is 9.89 Å². The van der Waals surface area contributed by atoms with Gasteiger partial charge in [-0.25, -0.2) is 9.97 Å². The fraction of sp³-hybridized carbons (Fsp3) is 0.750. The minimum atomic E-state index is 0.144. The molecule has 1 aromatic heterocycles. The lowest BCUT2D eigenvalue weighted by Crippen LogP contribution is -2.72. The molecule has 0 bridgehead atoms. The number of rotatable bonds is 5. The summed E-state index contributed by atoms with van der Waals surface area (Å²) >= 11 is 0. The maximum absolute atomic E-state index is 4.50. The molecular formula is C20H35N7. The second-order valence-electron chi connectivity index (χ2n) is 8.73. The van der Waals surface area contributed by atoms with Crippen molar-refractivity contribution in [3.05, 3.63) is 18.5 Å². The monoisotopic (exact) mass is 373 g/mol. The number of hydrogen-bond acceptors (Lipinski definition) is 5. The summed E-state index contributed by atoms with van der Waals surface area (Å²) in [5.74, 6) is 1.88. The van der Waals surface area contributed by atoms with Gasteiger partial charge >= 0.3 is 0 Å². The van der Waals surface area contributed by atoms with Gasteiger partial charge in [0.15, 0.2) is 5.96 Å². The average molecular weight is 374 g/mol. The summed E-state index contributed by atoms with van der Waals surface area (Å²) in [5, 5.41) is 3.56. The van der Waals surface area contributed by atoms with E-state index in [0.717, 1.165) is 64.1 Å². The Morgan fingerprint density at radius 3 is 2.33 bits per heavy atom. The highest BCUT2D eigenvalue weighted by atomic mass is 15.4. The van der Waals surface area contributed by atoms with Crippen molar-refractivity contribution in [2.75, 3.05) is 57.8 Å². The number of piperazine rings is 1. The molecule has 3 rings (SSSR count). The predicted molar refractivity (Wildman–Crippen MR) is 111 cm³/mol. The maximum atomic E-state index is 4.50. The van der Waals surface area contributed by atoms with Crippen LogP contribution < -0.4 is 10.2 Å². The Bertz CT molecular complexity index is 633. The smallest absolute Gasteiger partial charge is 0.225 e. The molecule has 0 spiro atoms. The molecule has 0 atom stereocenters. The number of aliphatic imine (C=N–C) groups is 1. The van der Waals surface area contributed by atoms with Crippen molar-refractivity contribution >= 4 is 11.9 Å². The van der Waals surface area contributed by atoms with Gasteiger partial charge in [0.05, 0.1) is 0 Å². The van der Waals surface area contributed by atoms with Crippen LogP contribution in [0.1, 0.15) is 34.1 Å². The standard InChI is InChI=1S/C20H35N7/c1-19(2)16-27(20(19,3)4)17(21-5)22-10-7-11-25-12-14-26(15-13-25)18-23-8-6-9-24-18/h6,8-9H,7,10-16H2,1-5H3,(H,21,22). The summed E-state index contributed by atoms with van der Waals surface area (Å²) in [5.41, 5.74) is 0.470. The predicted octanol–water partition coefficient (Wildman–Crippen LogP) is 1.68. The van der Waals surface area contributed by atoms with Gasteiger partial charge in [0.2, 0.25) is 5.95 Å². The van der Waals surface area contributed by atoms with Crippen LogP contribution in [-0.2, 0) is 0 Å². The number of nitrogens with zero attached hydrogens (tertiary/aromatic N) is 6. The quantitative estimate of drug-likeness (QED) is 0.481. The average Bonchev–Trinajstić information content (AvgIpc) is 2.68. The van der Waals surface area contributed by atoms with Crippen LogP contribution >= 0.6 is 0 Å². The lowest BCUT2D eigenvalue weighted by atomic mass is 9.65. The van der Waals surface area contributed by atoms with E-state index in [1.54, 1.807) is 0 Å². The van der Waals surface area contributed by atoms with Gasteiger partial charge in [-0.05, 0) is 32.9 Å². The minimum absolute atomic E-state index is 0.144. The molecule has 7 nitrogen and oxygen atoms in total. The zero-order valence-electron chi connectivity index (χ0n) is 17.6. The number of anilines is 1. The molecular weight excluding hydrogens is 338 g/mol. The zero-order valence-corrected chi connectivity index (χ0v) is 17.6. The van der Waals surface area contributed by atoms with Crippen molar-refractivity contribution in [2.45, 2.75) is 39.7 Å². The van der Waals surface area contributed by atoms with E-state index in [4.69, 9.17) is 0 Å². The normalized spacial score (nSPS) is 22.5. The van der Waals surface area contributed by atoms with E-state index in [2.05, 4.69) is 62.7 Å². The van der Waals surface area contributed by atoms with E-state index in [1.165, 1.54) is 0 Å². The molecule has 0 radical (unpaired) electrons. The third kappa shape index (κ3) is 4.18. The van der Waals surface area contributed by atoms with Gasteiger partial charge in [-0.2, -0.15) is 0 Å². The van der Waals surface area contributed by atoms with Crippen LogP contribution in [0.15, 0.2) is 23.5 Å². The first-order valence-corrected chi connectivity index (χ1v) is 10.1. The van der Waals surface area contributed by atoms with Gasteiger partial charge in [-0.1, -0.05) is 13.8 Å². The van der Waals surface area contributed by atoms with Crippen LogP contribution in [0.5, 0.6) is 0 Å². The molecule has 1 aromatic rings. The molecule has 2 saturated heterocycles. The fourth-order valence-electron chi connectivity index (χ4n) is 3.82. The lowest BCUT2D eigenvalue weighted by molar-refractivity contribution is -0.0667. The van der Waals surface area contributed by atoms with Crippen molar-refractivity contribution in [1.29, 1.82) is 0 Å². The molecule has 0 saturated carbocycles. The summed E-state index contributed by atoms with van der Waals surface area (Å²) < 4.78 is 0. The van der Waals surface area contributed by atoms with Crippen LogP contribution in [0.2, 0.25) is 0 Å². The van der Waals surface area contributed by atoms with E-state index >= 15 is 0 Å². The Balaban J connectivity index is 1.36. The van der Waals surface area contributed by atoms with Crippen LogP contribution in [0.25, 0.3) is 0 Å². The highest BCUT2D eigenvalue weighted by Crippen LogP contribution is 2.46. The SMILES string of the molecule is CN=C(NCCCN1CCN(c2ncccn2)CC1)N1CC(C)(C)C1(C)C. The molecule has 0 unspecified atom stereocenters. The van der Waals surface area contributed by atoms with E-state index in [-0.39, 0.29) is 5.54 Å². The first-order valence-electron chi connectivity index (χ1n) is 10.1.